The van der Waals surface area contributed by atoms with E-state index in [0.717, 1.165) is 0 Å². The van der Waals surface area contributed by atoms with Gasteiger partial charge in [-0.2, -0.15) is 0 Å². The monoisotopic (exact) mass is 176 g/mol. The van der Waals surface area contributed by atoms with Crippen molar-refractivity contribution in [1.29, 1.82) is 0 Å². The summed E-state index contributed by atoms with van der Waals surface area (Å²) in [6, 6.07) is 0. The second-order valence-corrected chi connectivity index (χ2v) is 1.15. The molecule has 58 valence electrons. The van der Waals surface area contributed by atoms with E-state index in [1.165, 1.54) is 0 Å². The van der Waals surface area contributed by atoms with Gasteiger partial charge in [0.1, 0.15) is 6.10 Å². The lowest BCUT2D eigenvalue weighted by atomic mass is 10.3. The van der Waals surface area contributed by atoms with E-state index in [2.05, 4.69) is 5.73 Å². The molecule has 0 spiro atoms. The van der Waals surface area contributed by atoms with Crippen molar-refractivity contribution >= 4 is 30.7 Å². The van der Waals surface area contributed by atoms with Crippen molar-refractivity contribution in [2.75, 3.05) is 6.54 Å². The molecular formula is C3H10Cl2N2O2. The summed E-state index contributed by atoms with van der Waals surface area (Å²) in [6.45, 7) is -0.102. The molecular weight excluding hydrogens is 167 g/mol. The molecule has 0 aliphatic heterocycles. The van der Waals surface area contributed by atoms with E-state index in [1.54, 1.807) is 0 Å². The van der Waals surface area contributed by atoms with E-state index in [4.69, 9.17) is 10.8 Å². The standard InChI is InChI=1S/C3H8N2O2.2ClH/c4-1-2(6)3(5)7;;/h2,6H,1,4H2,(H2,5,7);2*1H/t2-;;/m1../s1. The van der Waals surface area contributed by atoms with Crippen molar-refractivity contribution < 1.29 is 9.90 Å². The Bertz CT molecular complexity index is 80.2. The summed E-state index contributed by atoms with van der Waals surface area (Å²) in [5, 5.41) is 8.34. The molecule has 0 bridgehead atoms. The third kappa shape index (κ3) is 7.97. The Morgan fingerprint density at radius 1 is 1.56 bits per heavy atom. The van der Waals surface area contributed by atoms with Gasteiger partial charge in [0, 0.05) is 6.54 Å². The molecule has 0 fully saturated rings. The molecule has 4 nitrogen and oxygen atoms in total. The van der Waals surface area contributed by atoms with Crippen LogP contribution in [-0.2, 0) is 4.79 Å². The Balaban J connectivity index is -0.000000180. The zero-order chi connectivity index (χ0) is 5.86. The second kappa shape index (κ2) is 7.97. The topological polar surface area (TPSA) is 89.3 Å². The lowest BCUT2D eigenvalue weighted by Crippen LogP contribution is -2.34. The zero-order valence-corrected chi connectivity index (χ0v) is 6.24. The fourth-order valence-electron chi connectivity index (χ4n) is 0.116. The first kappa shape index (κ1) is 16.0. The van der Waals surface area contributed by atoms with Crippen LogP contribution in [0.1, 0.15) is 0 Å². The van der Waals surface area contributed by atoms with Gasteiger partial charge in [0.2, 0.25) is 5.91 Å². The summed E-state index contributed by atoms with van der Waals surface area (Å²) >= 11 is 0. The summed E-state index contributed by atoms with van der Waals surface area (Å²) in [5.41, 5.74) is 9.40. The number of carbonyl (C=O) groups excluding carboxylic acids is 1. The van der Waals surface area contributed by atoms with Crippen LogP contribution in [0.2, 0.25) is 0 Å². The molecule has 0 aliphatic carbocycles. The van der Waals surface area contributed by atoms with Crippen molar-refractivity contribution in [1.82, 2.24) is 0 Å². The molecule has 1 atom stereocenters. The van der Waals surface area contributed by atoms with Crippen molar-refractivity contribution in [3.8, 4) is 0 Å². The number of hydrogen-bond donors (Lipinski definition) is 3. The van der Waals surface area contributed by atoms with E-state index >= 15 is 0 Å². The van der Waals surface area contributed by atoms with Gasteiger partial charge < -0.3 is 16.6 Å². The number of primary amides is 1. The molecule has 0 saturated carbocycles. The smallest absolute Gasteiger partial charge is 0.247 e. The van der Waals surface area contributed by atoms with Crippen LogP contribution in [0.5, 0.6) is 0 Å². The Labute approximate surface area is 65.4 Å². The van der Waals surface area contributed by atoms with Crippen LogP contribution >= 0.6 is 24.8 Å². The molecule has 0 unspecified atom stereocenters. The van der Waals surface area contributed by atoms with Crippen molar-refractivity contribution in [3.63, 3.8) is 0 Å². The van der Waals surface area contributed by atoms with E-state index < -0.39 is 12.0 Å². The number of halogens is 2. The SMILES string of the molecule is Cl.Cl.NC[C@@H](O)C(N)=O. The second-order valence-electron chi connectivity index (χ2n) is 1.15. The highest BCUT2D eigenvalue weighted by atomic mass is 35.5. The van der Waals surface area contributed by atoms with Gasteiger partial charge in [-0.3, -0.25) is 4.79 Å². The fraction of sp³-hybridized carbons (Fsp3) is 0.667. The van der Waals surface area contributed by atoms with Gasteiger partial charge in [-0.25, -0.2) is 0 Å². The van der Waals surface area contributed by atoms with Gasteiger partial charge >= 0.3 is 0 Å². The summed E-state index contributed by atoms with van der Waals surface area (Å²) in [4.78, 5) is 9.82. The predicted molar refractivity (Wildman–Crippen MR) is 38.8 cm³/mol. The summed E-state index contributed by atoms with van der Waals surface area (Å²) in [7, 11) is 0. The molecule has 9 heavy (non-hydrogen) atoms. The summed E-state index contributed by atoms with van der Waals surface area (Å²) < 4.78 is 0. The van der Waals surface area contributed by atoms with Crippen LogP contribution in [0.4, 0.5) is 0 Å². The van der Waals surface area contributed by atoms with Crippen LogP contribution < -0.4 is 11.5 Å². The number of hydrogen-bond acceptors (Lipinski definition) is 3. The van der Waals surface area contributed by atoms with Crippen LogP contribution in [0.3, 0.4) is 0 Å². The molecule has 5 N–H and O–H groups in total. The number of amides is 1. The Morgan fingerprint density at radius 3 is 1.89 bits per heavy atom. The molecule has 0 aromatic heterocycles. The summed E-state index contributed by atoms with van der Waals surface area (Å²) in [6.07, 6.45) is -1.18. The third-order valence-electron chi connectivity index (χ3n) is 0.552. The van der Waals surface area contributed by atoms with Crippen LogP contribution in [-0.4, -0.2) is 23.7 Å². The highest BCUT2D eigenvalue weighted by Gasteiger charge is 2.05. The molecule has 1 amide bonds. The largest absolute Gasteiger partial charge is 0.382 e. The van der Waals surface area contributed by atoms with Gasteiger partial charge in [0.15, 0.2) is 0 Å². The number of nitrogens with two attached hydrogens (primary N) is 2. The van der Waals surface area contributed by atoms with Crippen molar-refractivity contribution in [3.05, 3.63) is 0 Å². The van der Waals surface area contributed by atoms with E-state index in [1.807, 2.05) is 0 Å². The van der Waals surface area contributed by atoms with E-state index in [0.29, 0.717) is 0 Å². The number of rotatable bonds is 2. The van der Waals surface area contributed by atoms with Gasteiger partial charge in [0.05, 0.1) is 0 Å². The van der Waals surface area contributed by atoms with Crippen LogP contribution in [0.25, 0.3) is 0 Å². The van der Waals surface area contributed by atoms with Gasteiger partial charge in [-0.15, -0.1) is 24.8 Å². The Kier molecular flexibility index (Phi) is 14.2. The number of aliphatic hydroxyl groups excluding tert-OH is 1. The fourth-order valence-corrected chi connectivity index (χ4v) is 0.116. The van der Waals surface area contributed by atoms with Gasteiger partial charge in [-0.1, -0.05) is 0 Å². The van der Waals surface area contributed by atoms with Crippen molar-refractivity contribution in [2.24, 2.45) is 11.5 Å². The first-order valence-electron chi connectivity index (χ1n) is 1.86. The molecule has 0 aromatic carbocycles. The molecule has 0 saturated heterocycles. The van der Waals surface area contributed by atoms with Crippen molar-refractivity contribution in [2.45, 2.75) is 6.10 Å². The lowest BCUT2D eigenvalue weighted by molar-refractivity contribution is -0.125. The average Bonchev–Trinajstić information content (AvgIpc) is 1.65. The lowest BCUT2D eigenvalue weighted by Gasteiger charge is -1.97. The maximum Gasteiger partial charge on any atom is 0.247 e. The third-order valence-corrected chi connectivity index (χ3v) is 0.552. The van der Waals surface area contributed by atoms with Gasteiger partial charge in [0.25, 0.3) is 0 Å². The number of carbonyl (C=O) groups is 1. The molecule has 0 aromatic rings. The maximum atomic E-state index is 9.82. The first-order valence-corrected chi connectivity index (χ1v) is 1.86. The normalized spacial score (nSPS) is 10.4. The minimum absolute atomic E-state index is 0. The number of aliphatic hydroxyl groups is 1. The quantitative estimate of drug-likeness (QED) is 0.486. The Morgan fingerprint density at radius 2 is 1.89 bits per heavy atom. The molecule has 6 heteroatoms. The highest BCUT2D eigenvalue weighted by Crippen LogP contribution is 1.70. The predicted octanol–water partition coefficient (Wildman–Crippen LogP) is -1.37. The minimum Gasteiger partial charge on any atom is -0.382 e. The molecule has 0 radical (unpaired) electrons. The van der Waals surface area contributed by atoms with Crippen LogP contribution in [0, 0.1) is 0 Å². The molecule has 0 heterocycles. The molecule has 0 aliphatic rings. The van der Waals surface area contributed by atoms with E-state index in [-0.39, 0.29) is 31.4 Å². The van der Waals surface area contributed by atoms with E-state index in [9.17, 15) is 4.79 Å². The summed E-state index contributed by atoms with van der Waals surface area (Å²) in [5.74, 6) is -0.775. The highest BCUT2D eigenvalue weighted by molar-refractivity contribution is 5.85. The maximum absolute atomic E-state index is 9.82. The molecule has 0 rings (SSSR count). The van der Waals surface area contributed by atoms with Gasteiger partial charge in [-0.05, 0) is 0 Å². The minimum atomic E-state index is -1.18. The van der Waals surface area contributed by atoms with Crippen LogP contribution in [0.15, 0.2) is 0 Å². The Hall–Kier alpha value is -0.0300. The zero-order valence-electron chi connectivity index (χ0n) is 4.61. The average molecular weight is 177 g/mol. The first-order chi connectivity index (χ1) is 3.18.